The molecular formula is C24H22BrN3O5S. The maximum absolute atomic E-state index is 12.9. The molecule has 2 N–H and O–H groups in total. The van der Waals surface area contributed by atoms with Crippen LogP contribution in [0, 0.1) is 24.2 Å². The molecule has 3 rings (SSSR count). The summed E-state index contributed by atoms with van der Waals surface area (Å²) < 4.78 is 10.7. The number of hydrogen-bond donors (Lipinski definition) is 2. The van der Waals surface area contributed by atoms with Gasteiger partial charge in [0.2, 0.25) is 11.8 Å². The Kier molecular flexibility index (Phi) is 8.36. The summed E-state index contributed by atoms with van der Waals surface area (Å²) in [5.41, 5.74) is 2.43. The lowest BCUT2D eigenvalue weighted by molar-refractivity contribution is -0.150. The average molecular weight is 544 g/mol. The first-order valence-electron chi connectivity index (χ1n) is 10.1. The highest BCUT2D eigenvalue weighted by atomic mass is 79.9. The van der Waals surface area contributed by atoms with E-state index < -0.39 is 23.7 Å². The minimum Gasteiger partial charge on any atom is -0.496 e. The summed E-state index contributed by atoms with van der Waals surface area (Å²) >= 11 is 4.43. The minimum atomic E-state index is -1.26. The predicted molar refractivity (Wildman–Crippen MR) is 132 cm³/mol. The Morgan fingerprint density at radius 1 is 1.21 bits per heavy atom. The van der Waals surface area contributed by atoms with Gasteiger partial charge in [-0.25, -0.2) is 0 Å². The molecule has 0 radical (unpaired) electrons. The van der Waals surface area contributed by atoms with Crippen LogP contribution in [-0.4, -0.2) is 37.8 Å². The molecule has 1 heterocycles. The number of allylic oxidation sites excluding steroid dienone is 1. The summed E-state index contributed by atoms with van der Waals surface area (Å²) in [6.07, 6.45) is 0. The van der Waals surface area contributed by atoms with Crippen LogP contribution in [0.25, 0.3) is 0 Å². The molecule has 0 spiro atoms. The smallest absolute Gasteiger partial charge is 0.319 e. The third-order valence-electron chi connectivity index (χ3n) is 5.20. The molecule has 0 fully saturated rings. The number of nitrogens with zero attached hydrogens (tertiary/aromatic N) is 1. The lowest BCUT2D eigenvalue weighted by Crippen LogP contribution is -2.44. The number of rotatable bonds is 7. The van der Waals surface area contributed by atoms with E-state index in [9.17, 15) is 19.6 Å². The second-order valence-electron chi connectivity index (χ2n) is 7.42. The Balaban J connectivity index is 1.92. The van der Waals surface area contributed by atoms with Gasteiger partial charge in [-0.3, -0.25) is 14.4 Å². The van der Waals surface area contributed by atoms with Gasteiger partial charge in [-0.15, -0.1) is 0 Å². The highest BCUT2D eigenvalue weighted by molar-refractivity contribution is 9.10. The fraction of sp³-hybridized carbons (Fsp3) is 0.250. The van der Waals surface area contributed by atoms with E-state index in [0.29, 0.717) is 21.5 Å². The van der Waals surface area contributed by atoms with Crippen LogP contribution >= 0.6 is 27.7 Å². The van der Waals surface area contributed by atoms with Gasteiger partial charge >= 0.3 is 5.97 Å². The van der Waals surface area contributed by atoms with Crippen LogP contribution in [0.15, 0.2) is 57.5 Å². The maximum atomic E-state index is 12.9. The van der Waals surface area contributed by atoms with Gasteiger partial charge in [0.15, 0.2) is 0 Å². The highest BCUT2D eigenvalue weighted by Gasteiger charge is 2.44. The van der Waals surface area contributed by atoms with Gasteiger partial charge in [0, 0.05) is 11.6 Å². The van der Waals surface area contributed by atoms with Gasteiger partial charge in [0.25, 0.3) is 0 Å². The molecule has 2 atom stereocenters. The van der Waals surface area contributed by atoms with Crippen molar-refractivity contribution in [1.82, 2.24) is 5.32 Å². The first kappa shape index (κ1) is 25.3. The number of ether oxygens (including phenoxy) is 2. The summed E-state index contributed by atoms with van der Waals surface area (Å²) in [6.45, 7) is 1.95. The van der Waals surface area contributed by atoms with Crippen molar-refractivity contribution in [3.8, 4) is 11.8 Å². The molecule has 0 bridgehead atoms. The normalized spacial score (nSPS) is 17.4. The van der Waals surface area contributed by atoms with Crippen LogP contribution in [0.4, 0.5) is 5.69 Å². The molecule has 2 aromatic carbocycles. The Morgan fingerprint density at radius 3 is 2.50 bits per heavy atom. The first-order chi connectivity index (χ1) is 16.3. The maximum Gasteiger partial charge on any atom is 0.319 e. The number of methoxy groups -OCH3 is 2. The molecule has 0 saturated heterocycles. The number of carbonyl (C=O) groups is 3. The number of benzene rings is 2. The van der Waals surface area contributed by atoms with Crippen molar-refractivity contribution < 1.29 is 23.9 Å². The number of amides is 2. The summed E-state index contributed by atoms with van der Waals surface area (Å²) in [7, 11) is 2.70. The van der Waals surface area contributed by atoms with Crippen LogP contribution in [0.2, 0.25) is 0 Å². The molecule has 1 aliphatic heterocycles. The third-order valence-corrected chi connectivity index (χ3v) is 6.84. The fourth-order valence-electron chi connectivity index (χ4n) is 3.53. The zero-order valence-electron chi connectivity index (χ0n) is 18.7. The Labute approximate surface area is 209 Å². The van der Waals surface area contributed by atoms with E-state index in [-0.39, 0.29) is 22.3 Å². The van der Waals surface area contributed by atoms with E-state index in [0.717, 1.165) is 17.3 Å². The molecule has 34 heavy (non-hydrogen) atoms. The lowest BCUT2D eigenvalue weighted by Gasteiger charge is -2.31. The summed E-state index contributed by atoms with van der Waals surface area (Å²) in [4.78, 5) is 37.9. The molecule has 176 valence electrons. The van der Waals surface area contributed by atoms with Gasteiger partial charge in [-0.05, 0) is 52.7 Å². The van der Waals surface area contributed by atoms with Gasteiger partial charge in [-0.2, -0.15) is 5.26 Å². The molecule has 0 saturated carbocycles. The van der Waals surface area contributed by atoms with Crippen LogP contribution in [0.5, 0.6) is 5.75 Å². The Morgan fingerprint density at radius 2 is 1.91 bits per heavy atom. The van der Waals surface area contributed by atoms with E-state index in [1.165, 1.54) is 14.2 Å². The number of anilines is 1. The minimum absolute atomic E-state index is 0.0451. The van der Waals surface area contributed by atoms with Crippen molar-refractivity contribution in [2.45, 2.75) is 12.8 Å². The van der Waals surface area contributed by atoms with E-state index >= 15 is 0 Å². The van der Waals surface area contributed by atoms with Gasteiger partial charge in [0.05, 0.1) is 41.1 Å². The van der Waals surface area contributed by atoms with Crippen LogP contribution in [0.1, 0.15) is 17.0 Å². The number of esters is 1. The number of hydrogen-bond acceptors (Lipinski definition) is 7. The van der Waals surface area contributed by atoms with Crippen molar-refractivity contribution in [2.75, 3.05) is 25.3 Å². The SMILES string of the molecule is COC(=O)[C@@H]1C(=O)NC(SCC(=O)Nc2ccc(C)cc2)=C(C#N)[C@H]1c1ccc(OC)c(Br)c1. The Hall–Kier alpha value is -3.29. The van der Waals surface area contributed by atoms with Crippen molar-refractivity contribution in [3.05, 3.63) is 68.7 Å². The van der Waals surface area contributed by atoms with E-state index in [4.69, 9.17) is 9.47 Å². The van der Waals surface area contributed by atoms with Crippen molar-refractivity contribution >= 4 is 51.2 Å². The van der Waals surface area contributed by atoms with Gasteiger partial charge in [0.1, 0.15) is 11.7 Å². The topological polar surface area (TPSA) is 118 Å². The number of carbonyl (C=O) groups excluding carboxylic acids is 3. The van der Waals surface area contributed by atoms with Crippen LogP contribution in [0.3, 0.4) is 0 Å². The molecule has 8 nitrogen and oxygen atoms in total. The van der Waals surface area contributed by atoms with Crippen LogP contribution < -0.4 is 15.4 Å². The highest BCUT2D eigenvalue weighted by Crippen LogP contribution is 2.42. The van der Waals surface area contributed by atoms with Crippen LogP contribution in [-0.2, 0) is 19.1 Å². The summed E-state index contributed by atoms with van der Waals surface area (Å²) in [5.74, 6) is -3.30. The second-order valence-corrected chi connectivity index (χ2v) is 9.26. The summed E-state index contributed by atoms with van der Waals surface area (Å²) in [6, 6.07) is 14.5. The van der Waals surface area contributed by atoms with Gasteiger partial charge in [-0.1, -0.05) is 35.5 Å². The van der Waals surface area contributed by atoms with Crippen molar-refractivity contribution in [3.63, 3.8) is 0 Å². The molecule has 0 unspecified atom stereocenters. The largest absolute Gasteiger partial charge is 0.496 e. The molecular weight excluding hydrogens is 522 g/mol. The average Bonchev–Trinajstić information content (AvgIpc) is 2.83. The quantitative estimate of drug-likeness (QED) is 0.402. The molecule has 2 amide bonds. The number of halogens is 1. The van der Waals surface area contributed by atoms with Crippen molar-refractivity contribution in [1.29, 1.82) is 5.26 Å². The van der Waals surface area contributed by atoms with E-state index in [1.54, 1.807) is 30.3 Å². The molecule has 1 aliphatic rings. The van der Waals surface area contributed by atoms with Crippen molar-refractivity contribution in [2.24, 2.45) is 5.92 Å². The number of aryl methyl sites for hydroxylation is 1. The number of thioether (sulfide) groups is 1. The predicted octanol–water partition coefficient (Wildman–Crippen LogP) is 3.88. The van der Waals surface area contributed by atoms with Gasteiger partial charge < -0.3 is 20.1 Å². The number of nitriles is 1. The summed E-state index contributed by atoms with van der Waals surface area (Å²) in [5, 5.41) is 15.6. The van der Waals surface area contributed by atoms with E-state index in [1.807, 2.05) is 19.1 Å². The standard InChI is InChI=1S/C24H22BrN3O5S/c1-13-4-7-15(8-5-13)27-19(29)12-34-23-16(11-26)20(21(22(30)28-23)24(31)33-3)14-6-9-18(32-2)17(25)10-14/h4-10,20-21H,12H2,1-3H3,(H,27,29)(H,28,30)/t20-,21+/m1/s1. The molecule has 2 aromatic rings. The number of nitrogens with one attached hydrogen (secondary N) is 2. The zero-order chi connectivity index (χ0) is 24.8. The molecule has 0 aromatic heterocycles. The monoisotopic (exact) mass is 543 g/mol. The fourth-order valence-corrected chi connectivity index (χ4v) is 4.93. The van der Waals surface area contributed by atoms with E-state index in [2.05, 4.69) is 32.6 Å². The molecule has 0 aliphatic carbocycles. The second kappa shape index (κ2) is 11.2. The third kappa shape index (κ3) is 5.61. The molecule has 10 heteroatoms. The zero-order valence-corrected chi connectivity index (χ0v) is 21.1. The first-order valence-corrected chi connectivity index (χ1v) is 11.9. The lowest BCUT2D eigenvalue weighted by atomic mass is 9.78. The Bertz CT molecular complexity index is 1190.